The van der Waals surface area contributed by atoms with Gasteiger partial charge in [-0.15, -0.1) is 13.2 Å². The average Bonchev–Trinajstić information content (AvgIpc) is 2.81. The van der Waals surface area contributed by atoms with E-state index in [0.717, 1.165) is 29.6 Å². The number of amides is 1. The van der Waals surface area contributed by atoms with Gasteiger partial charge in [0.05, 0.1) is 5.52 Å². The van der Waals surface area contributed by atoms with Crippen LogP contribution in [-0.4, -0.2) is 42.4 Å². The lowest BCUT2D eigenvalue weighted by molar-refractivity contribution is -0.274. The monoisotopic (exact) mass is 487 g/mol. The van der Waals surface area contributed by atoms with Gasteiger partial charge >= 0.3 is 6.36 Å². The zero-order valence-corrected chi connectivity index (χ0v) is 19.6. The van der Waals surface area contributed by atoms with E-state index in [1.807, 2.05) is 43.3 Å². The number of halogens is 3. The van der Waals surface area contributed by atoms with Crippen molar-refractivity contribution < 1.29 is 22.7 Å². The number of fused-ring (bicyclic) bond motifs is 1. The van der Waals surface area contributed by atoms with Gasteiger partial charge in [0.2, 0.25) is 11.9 Å². The molecule has 2 N–H and O–H groups in total. The van der Waals surface area contributed by atoms with E-state index in [4.69, 9.17) is 0 Å². The van der Waals surface area contributed by atoms with Gasteiger partial charge in [-0.3, -0.25) is 4.79 Å². The Morgan fingerprint density at radius 3 is 2.51 bits per heavy atom. The highest BCUT2D eigenvalue weighted by Crippen LogP contribution is 2.29. The van der Waals surface area contributed by atoms with Crippen LogP contribution in [0, 0.1) is 5.92 Å². The number of alkyl halides is 3. The largest absolute Gasteiger partial charge is 0.573 e. The smallest absolute Gasteiger partial charge is 0.406 e. The fourth-order valence-corrected chi connectivity index (χ4v) is 4.33. The van der Waals surface area contributed by atoms with E-state index in [1.54, 1.807) is 6.07 Å². The van der Waals surface area contributed by atoms with E-state index in [-0.39, 0.29) is 30.2 Å². The summed E-state index contributed by atoms with van der Waals surface area (Å²) < 4.78 is 41.2. The van der Waals surface area contributed by atoms with Gasteiger partial charge in [0.1, 0.15) is 11.6 Å². The minimum absolute atomic E-state index is 0.0950. The molecule has 4 rings (SSSR count). The molecule has 3 aromatic rings. The van der Waals surface area contributed by atoms with Gasteiger partial charge in [-0.25, -0.2) is 4.98 Å². The van der Waals surface area contributed by atoms with Crippen LogP contribution in [0.5, 0.6) is 5.75 Å². The van der Waals surface area contributed by atoms with Crippen LogP contribution in [0.1, 0.15) is 31.2 Å². The highest BCUT2D eigenvalue weighted by molar-refractivity contribution is 5.90. The van der Waals surface area contributed by atoms with Crippen LogP contribution in [0.2, 0.25) is 0 Å². The highest BCUT2D eigenvalue weighted by Gasteiger charge is 2.31. The van der Waals surface area contributed by atoms with Crippen molar-refractivity contribution in [1.82, 2.24) is 15.3 Å². The van der Waals surface area contributed by atoms with Gasteiger partial charge in [-0.2, -0.15) is 4.98 Å². The molecule has 1 aliphatic rings. The molecule has 1 fully saturated rings. The van der Waals surface area contributed by atoms with Crippen molar-refractivity contribution in [3.8, 4) is 5.75 Å². The average molecular weight is 488 g/mol. The van der Waals surface area contributed by atoms with Crippen molar-refractivity contribution in [2.45, 2.75) is 44.6 Å². The number of rotatable bonds is 7. The second kappa shape index (κ2) is 10.4. The number of anilines is 2. The summed E-state index contributed by atoms with van der Waals surface area (Å²) >= 11 is 0. The summed E-state index contributed by atoms with van der Waals surface area (Å²) in [6, 6.07) is 13.7. The van der Waals surface area contributed by atoms with E-state index < -0.39 is 6.36 Å². The fraction of sp³-hybridized carbons (Fsp3) is 0.400. The Hall–Kier alpha value is -3.56. The highest BCUT2D eigenvalue weighted by atomic mass is 19.4. The summed E-state index contributed by atoms with van der Waals surface area (Å²) in [7, 11) is 3.89. The van der Waals surface area contributed by atoms with Gasteiger partial charge in [0.25, 0.3) is 0 Å². The molecule has 0 spiro atoms. The van der Waals surface area contributed by atoms with Crippen LogP contribution in [-0.2, 0) is 11.3 Å². The molecule has 1 saturated carbocycles. The summed E-state index contributed by atoms with van der Waals surface area (Å²) in [5.41, 5.74) is 1.41. The van der Waals surface area contributed by atoms with Crippen molar-refractivity contribution in [3.05, 3.63) is 54.1 Å². The SMILES string of the molecule is CN(C)c1nc(NC2CCC(C(=O)NCc3cccc(OC(F)(F)F)c3)CC2)nc2ccccc12. The Bertz CT molecular complexity index is 1180. The number of benzene rings is 2. The van der Waals surface area contributed by atoms with Crippen molar-refractivity contribution >= 4 is 28.6 Å². The van der Waals surface area contributed by atoms with Crippen LogP contribution < -0.4 is 20.3 Å². The molecule has 0 radical (unpaired) electrons. The number of nitrogens with one attached hydrogen (secondary N) is 2. The van der Waals surface area contributed by atoms with E-state index in [9.17, 15) is 18.0 Å². The Morgan fingerprint density at radius 1 is 1.06 bits per heavy atom. The molecular formula is C25H28F3N5O2. The summed E-state index contributed by atoms with van der Waals surface area (Å²) in [4.78, 5) is 23.9. The third-order valence-corrected chi connectivity index (χ3v) is 6.04. The molecule has 7 nitrogen and oxygen atoms in total. The normalized spacial score (nSPS) is 18.2. The quantitative estimate of drug-likeness (QED) is 0.495. The van der Waals surface area contributed by atoms with E-state index >= 15 is 0 Å². The molecule has 1 aliphatic carbocycles. The van der Waals surface area contributed by atoms with Crippen LogP contribution in [0.3, 0.4) is 0 Å². The van der Waals surface area contributed by atoms with E-state index in [1.165, 1.54) is 18.2 Å². The molecule has 0 aliphatic heterocycles. The minimum Gasteiger partial charge on any atom is -0.406 e. The maximum absolute atomic E-state index is 12.6. The first-order chi connectivity index (χ1) is 16.7. The number of hydrogen-bond donors (Lipinski definition) is 2. The third-order valence-electron chi connectivity index (χ3n) is 6.04. The molecule has 1 amide bonds. The Morgan fingerprint density at radius 2 is 1.80 bits per heavy atom. The second-order valence-electron chi connectivity index (χ2n) is 8.89. The third kappa shape index (κ3) is 6.52. The summed E-state index contributed by atoms with van der Waals surface area (Å²) in [5.74, 6) is 0.876. The molecule has 1 aromatic heterocycles. The molecule has 2 aromatic carbocycles. The molecule has 0 atom stereocenters. The first-order valence-corrected chi connectivity index (χ1v) is 11.5. The van der Waals surface area contributed by atoms with Gasteiger partial charge in [0.15, 0.2) is 0 Å². The number of para-hydroxylation sites is 1. The molecule has 0 saturated heterocycles. The Kier molecular flexibility index (Phi) is 7.28. The van der Waals surface area contributed by atoms with E-state index in [2.05, 4.69) is 25.3 Å². The molecule has 1 heterocycles. The standard InChI is InChI=1S/C25H28F3N5O2/c1-33(2)22-20-8-3-4-9-21(20)31-24(32-22)30-18-12-10-17(11-13-18)23(34)29-15-16-6-5-7-19(14-16)35-25(26,27)28/h3-9,14,17-18H,10-13,15H2,1-2H3,(H,29,34)(H,30,31,32). The topological polar surface area (TPSA) is 79.4 Å². The molecule has 0 bridgehead atoms. The minimum atomic E-state index is -4.75. The Balaban J connectivity index is 1.30. The van der Waals surface area contributed by atoms with Crippen molar-refractivity contribution in [2.24, 2.45) is 5.92 Å². The number of nitrogens with zero attached hydrogens (tertiary/aromatic N) is 3. The lowest BCUT2D eigenvalue weighted by atomic mass is 9.85. The van der Waals surface area contributed by atoms with Crippen molar-refractivity contribution in [1.29, 1.82) is 0 Å². The predicted octanol–water partition coefficient (Wildman–Crippen LogP) is 4.88. The zero-order valence-electron chi connectivity index (χ0n) is 19.6. The number of carbonyl (C=O) groups excluding carboxylic acids is 1. The van der Waals surface area contributed by atoms with Crippen molar-refractivity contribution in [3.63, 3.8) is 0 Å². The number of ether oxygens (including phenoxy) is 1. The molecular weight excluding hydrogens is 459 g/mol. The maximum atomic E-state index is 12.6. The summed E-state index contributed by atoms with van der Waals surface area (Å²) in [6.45, 7) is 0.143. The Labute approximate surface area is 201 Å². The fourth-order valence-electron chi connectivity index (χ4n) is 4.33. The predicted molar refractivity (Wildman–Crippen MR) is 128 cm³/mol. The lowest BCUT2D eigenvalue weighted by Gasteiger charge is -2.28. The lowest BCUT2D eigenvalue weighted by Crippen LogP contribution is -2.36. The zero-order chi connectivity index (χ0) is 25.0. The molecule has 186 valence electrons. The van der Waals surface area contributed by atoms with Gasteiger partial charge < -0.3 is 20.3 Å². The van der Waals surface area contributed by atoms with Gasteiger partial charge in [0, 0.05) is 38.0 Å². The summed E-state index contributed by atoms with van der Waals surface area (Å²) in [5, 5.41) is 7.25. The van der Waals surface area contributed by atoms with Gasteiger partial charge in [-0.1, -0.05) is 24.3 Å². The van der Waals surface area contributed by atoms with Crippen molar-refractivity contribution in [2.75, 3.05) is 24.3 Å². The summed E-state index contributed by atoms with van der Waals surface area (Å²) in [6.07, 6.45) is -1.76. The molecule has 0 unspecified atom stereocenters. The first-order valence-electron chi connectivity index (χ1n) is 11.5. The number of carbonyl (C=O) groups is 1. The number of aromatic nitrogens is 2. The molecule has 35 heavy (non-hydrogen) atoms. The second-order valence-corrected chi connectivity index (χ2v) is 8.89. The maximum Gasteiger partial charge on any atom is 0.573 e. The van der Waals surface area contributed by atoms with Crippen LogP contribution >= 0.6 is 0 Å². The van der Waals surface area contributed by atoms with E-state index in [0.29, 0.717) is 24.4 Å². The first kappa shape index (κ1) is 24.6. The van der Waals surface area contributed by atoms with Gasteiger partial charge in [-0.05, 0) is 55.5 Å². The molecule has 10 heteroatoms. The van der Waals surface area contributed by atoms with Crippen LogP contribution in [0.15, 0.2) is 48.5 Å². The number of hydrogen-bond acceptors (Lipinski definition) is 6. The van der Waals surface area contributed by atoms with Crippen LogP contribution in [0.25, 0.3) is 10.9 Å². The van der Waals surface area contributed by atoms with Crippen LogP contribution in [0.4, 0.5) is 24.9 Å².